The van der Waals surface area contributed by atoms with E-state index in [4.69, 9.17) is 23.9 Å². The molecule has 1 aromatic rings. The van der Waals surface area contributed by atoms with Crippen LogP contribution in [0.15, 0.2) is 28.4 Å². The normalized spacial score (nSPS) is 22.4. The predicted octanol–water partition coefficient (Wildman–Crippen LogP) is 4.09. The van der Waals surface area contributed by atoms with Gasteiger partial charge in [-0.2, -0.15) is 0 Å². The number of carbonyl (C=O) groups excluding carboxylic acids is 2. The van der Waals surface area contributed by atoms with E-state index in [2.05, 4.69) is 13.8 Å². The number of methoxy groups -OCH3 is 3. The third kappa shape index (κ3) is 4.18. The Morgan fingerprint density at radius 1 is 1.10 bits per heavy atom. The van der Waals surface area contributed by atoms with Gasteiger partial charge in [0.2, 0.25) is 5.75 Å². The van der Waals surface area contributed by atoms with Crippen molar-refractivity contribution in [2.45, 2.75) is 46.5 Å². The second-order valence-electron chi connectivity index (χ2n) is 8.72. The number of rotatable bonds is 6. The number of aliphatic imine (C=N–C) groups is 1. The van der Waals surface area contributed by atoms with Crippen molar-refractivity contribution in [1.29, 1.82) is 0 Å². The lowest BCUT2D eigenvalue weighted by Gasteiger charge is -2.39. The quantitative estimate of drug-likeness (QED) is 0.634. The molecule has 2 aliphatic rings. The van der Waals surface area contributed by atoms with Gasteiger partial charge in [-0.15, -0.1) is 0 Å². The molecule has 1 unspecified atom stereocenters. The van der Waals surface area contributed by atoms with Crippen molar-refractivity contribution in [3.8, 4) is 17.2 Å². The molecular formula is C24H31NO6. The van der Waals surface area contributed by atoms with Crippen LogP contribution in [0.4, 0.5) is 0 Å². The minimum atomic E-state index is -0.702. The molecule has 0 aromatic heterocycles. The van der Waals surface area contributed by atoms with Crippen LogP contribution < -0.4 is 14.2 Å². The minimum absolute atomic E-state index is 0.00977. The molecule has 0 saturated heterocycles. The van der Waals surface area contributed by atoms with Gasteiger partial charge in [-0.05, 0) is 43.4 Å². The molecule has 0 spiro atoms. The Kier molecular flexibility index (Phi) is 6.43. The summed E-state index contributed by atoms with van der Waals surface area (Å²) in [4.78, 5) is 31.1. The highest BCUT2D eigenvalue weighted by molar-refractivity contribution is 6.09. The highest BCUT2D eigenvalue weighted by atomic mass is 16.5. The van der Waals surface area contributed by atoms with Gasteiger partial charge >= 0.3 is 5.97 Å². The smallest absolute Gasteiger partial charge is 0.315 e. The molecule has 0 amide bonds. The van der Waals surface area contributed by atoms with E-state index in [1.54, 1.807) is 19.1 Å². The lowest BCUT2D eigenvalue weighted by atomic mass is 9.67. The number of hydrogen-bond donors (Lipinski definition) is 0. The summed E-state index contributed by atoms with van der Waals surface area (Å²) >= 11 is 0. The maximum atomic E-state index is 13.3. The molecule has 7 heteroatoms. The zero-order chi connectivity index (χ0) is 22.9. The van der Waals surface area contributed by atoms with Crippen molar-refractivity contribution in [2.75, 3.05) is 27.9 Å². The number of Topliss-reactive ketones (excluding diaryl/α,β-unsaturated/α-hetero) is 1. The Balaban J connectivity index is 2.26. The highest BCUT2D eigenvalue weighted by Crippen LogP contribution is 2.50. The first-order valence-electron chi connectivity index (χ1n) is 10.4. The SMILES string of the molecule is CCOC(=O)C1C(C)=NC2=C(C(=O)CC(C)(C)C2)[C@H]1c1cc(OC)c(OC)c(OC)c1. The van der Waals surface area contributed by atoms with Crippen molar-refractivity contribution in [1.82, 2.24) is 0 Å². The fraction of sp³-hybridized carbons (Fsp3) is 0.542. The topological polar surface area (TPSA) is 83.4 Å². The highest BCUT2D eigenvalue weighted by Gasteiger charge is 2.46. The molecular weight excluding hydrogens is 398 g/mol. The number of esters is 1. The van der Waals surface area contributed by atoms with Crippen LogP contribution in [-0.4, -0.2) is 45.4 Å². The molecule has 1 heterocycles. The van der Waals surface area contributed by atoms with E-state index < -0.39 is 17.8 Å². The Bertz CT molecular complexity index is 934. The van der Waals surface area contributed by atoms with Gasteiger partial charge in [0.15, 0.2) is 17.3 Å². The average molecular weight is 430 g/mol. The fourth-order valence-corrected chi connectivity index (χ4v) is 4.62. The minimum Gasteiger partial charge on any atom is -0.493 e. The Labute approximate surface area is 183 Å². The molecule has 0 fully saturated rings. The number of allylic oxidation sites excluding steroid dienone is 2. The van der Waals surface area contributed by atoms with E-state index in [9.17, 15) is 9.59 Å². The third-order valence-electron chi connectivity index (χ3n) is 5.89. The van der Waals surface area contributed by atoms with Crippen molar-refractivity contribution in [3.63, 3.8) is 0 Å². The number of carbonyl (C=O) groups is 2. The number of nitrogens with zero attached hydrogens (tertiary/aromatic N) is 1. The second-order valence-corrected chi connectivity index (χ2v) is 8.72. The van der Waals surface area contributed by atoms with Gasteiger partial charge in [0.25, 0.3) is 0 Å². The van der Waals surface area contributed by atoms with Crippen LogP contribution in [0.25, 0.3) is 0 Å². The van der Waals surface area contributed by atoms with Crippen molar-refractivity contribution < 1.29 is 28.5 Å². The van der Waals surface area contributed by atoms with Crippen LogP contribution in [0.1, 0.15) is 52.0 Å². The van der Waals surface area contributed by atoms with Crippen molar-refractivity contribution >= 4 is 17.5 Å². The summed E-state index contributed by atoms with van der Waals surface area (Å²) < 4.78 is 21.9. The van der Waals surface area contributed by atoms with E-state index in [0.29, 0.717) is 41.4 Å². The summed E-state index contributed by atoms with van der Waals surface area (Å²) in [6.07, 6.45) is 1.07. The van der Waals surface area contributed by atoms with Crippen molar-refractivity contribution in [2.24, 2.45) is 16.3 Å². The second kappa shape index (κ2) is 8.73. The van der Waals surface area contributed by atoms with Gasteiger partial charge in [-0.1, -0.05) is 13.8 Å². The van der Waals surface area contributed by atoms with Crippen molar-refractivity contribution in [3.05, 3.63) is 29.0 Å². The monoisotopic (exact) mass is 429 g/mol. The molecule has 168 valence electrons. The predicted molar refractivity (Wildman–Crippen MR) is 117 cm³/mol. The third-order valence-corrected chi connectivity index (χ3v) is 5.89. The molecule has 0 radical (unpaired) electrons. The molecule has 1 aliphatic heterocycles. The van der Waals surface area contributed by atoms with Crippen LogP contribution in [0.3, 0.4) is 0 Å². The van der Waals surface area contributed by atoms with Gasteiger partial charge < -0.3 is 18.9 Å². The number of hydrogen-bond acceptors (Lipinski definition) is 7. The van der Waals surface area contributed by atoms with E-state index in [1.165, 1.54) is 21.3 Å². The zero-order valence-electron chi connectivity index (χ0n) is 19.3. The van der Waals surface area contributed by atoms with Crippen LogP contribution >= 0.6 is 0 Å². The van der Waals surface area contributed by atoms with E-state index in [-0.39, 0.29) is 17.8 Å². The summed E-state index contributed by atoms with van der Waals surface area (Å²) in [5, 5.41) is 0. The van der Waals surface area contributed by atoms with E-state index in [0.717, 1.165) is 11.3 Å². The zero-order valence-corrected chi connectivity index (χ0v) is 19.3. The summed E-state index contributed by atoms with van der Waals surface area (Å²) in [6.45, 7) is 7.96. The average Bonchev–Trinajstić information content (AvgIpc) is 2.70. The van der Waals surface area contributed by atoms with Gasteiger partial charge in [0.1, 0.15) is 5.92 Å². The fourth-order valence-electron chi connectivity index (χ4n) is 4.62. The maximum absolute atomic E-state index is 13.3. The lowest BCUT2D eigenvalue weighted by molar-refractivity contribution is -0.146. The first kappa shape index (κ1) is 22.8. The van der Waals surface area contributed by atoms with Crippen LogP contribution in [-0.2, 0) is 14.3 Å². The van der Waals surface area contributed by atoms with Crippen LogP contribution in [0.2, 0.25) is 0 Å². The first-order valence-corrected chi connectivity index (χ1v) is 10.4. The Hall–Kier alpha value is -2.83. The maximum Gasteiger partial charge on any atom is 0.315 e. The number of ketones is 1. The molecule has 7 nitrogen and oxygen atoms in total. The largest absolute Gasteiger partial charge is 0.493 e. The molecule has 0 bridgehead atoms. The molecule has 0 saturated carbocycles. The summed E-state index contributed by atoms with van der Waals surface area (Å²) in [5.41, 5.74) is 2.51. The molecule has 0 N–H and O–H groups in total. The number of ether oxygens (including phenoxy) is 4. The molecule has 3 rings (SSSR count). The van der Waals surface area contributed by atoms with Crippen LogP contribution in [0, 0.1) is 11.3 Å². The first-order chi connectivity index (χ1) is 14.7. The van der Waals surface area contributed by atoms with Crippen LogP contribution in [0.5, 0.6) is 17.2 Å². The Morgan fingerprint density at radius 2 is 1.71 bits per heavy atom. The molecule has 31 heavy (non-hydrogen) atoms. The van der Waals surface area contributed by atoms with Gasteiger partial charge in [-0.25, -0.2) is 0 Å². The number of benzene rings is 1. The van der Waals surface area contributed by atoms with Gasteiger partial charge in [0.05, 0.1) is 27.9 Å². The molecule has 1 aromatic carbocycles. The summed E-state index contributed by atoms with van der Waals surface area (Å²) in [6, 6.07) is 3.60. The standard InChI is InChI=1S/C24H31NO6/c1-8-31-23(27)19-13(2)25-15-11-24(3,4)12-16(26)21(15)20(19)14-9-17(28-5)22(30-7)18(10-14)29-6/h9-10,19-20H,8,11-12H2,1-7H3/t19?,20-/m0/s1. The van der Waals surface area contributed by atoms with Gasteiger partial charge in [0, 0.05) is 29.3 Å². The Morgan fingerprint density at radius 3 is 2.23 bits per heavy atom. The summed E-state index contributed by atoms with van der Waals surface area (Å²) in [5.74, 6) is -0.249. The van der Waals surface area contributed by atoms with E-state index in [1.807, 2.05) is 6.92 Å². The van der Waals surface area contributed by atoms with E-state index >= 15 is 0 Å². The summed E-state index contributed by atoms with van der Waals surface area (Å²) in [7, 11) is 4.61. The lowest BCUT2D eigenvalue weighted by Crippen LogP contribution is -2.39. The molecule has 2 atom stereocenters. The molecule has 1 aliphatic carbocycles. The van der Waals surface area contributed by atoms with Gasteiger partial charge in [-0.3, -0.25) is 14.6 Å².